The van der Waals surface area contributed by atoms with Gasteiger partial charge in [-0.3, -0.25) is 4.79 Å². The summed E-state index contributed by atoms with van der Waals surface area (Å²) in [5.41, 5.74) is -0.0781. The normalized spacial score (nSPS) is 14.2. The van der Waals surface area contributed by atoms with E-state index in [1.54, 1.807) is 6.92 Å². The molecule has 1 atom stereocenters. The Morgan fingerprint density at radius 2 is 1.95 bits per heavy atom. The van der Waals surface area contributed by atoms with Crippen LogP contribution in [-0.2, 0) is 4.79 Å². The fourth-order valence-electron chi connectivity index (χ4n) is 1.91. The van der Waals surface area contributed by atoms with E-state index in [1.807, 2.05) is 49.3 Å². The van der Waals surface area contributed by atoms with Crippen LogP contribution in [0.15, 0.2) is 30.3 Å². The predicted octanol–water partition coefficient (Wildman–Crippen LogP) is 0.527. The smallest absolute Gasteiger partial charge is 0.238 e. The van der Waals surface area contributed by atoms with Crippen LogP contribution in [0.25, 0.3) is 0 Å². The van der Waals surface area contributed by atoms with Crippen molar-refractivity contribution < 1.29 is 9.90 Å². The monoisotopic (exact) mass is 265 g/mol. The molecule has 0 radical (unpaired) electrons. The number of carbonyl (C=O) groups is 1. The largest absolute Gasteiger partial charge is 0.388 e. The minimum atomic E-state index is -0.851. The number of nitrogens with zero attached hydrogens (tertiary/aromatic N) is 1. The molecule has 1 aromatic rings. The van der Waals surface area contributed by atoms with Gasteiger partial charge in [0.25, 0.3) is 0 Å². The van der Waals surface area contributed by atoms with E-state index >= 15 is 0 Å². The van der Waals surface area contributed by atoms with Crippen LogP contribution < -0.4 is 10.6 Å². The molecule has 0 heterocycles. The fourth-order valence-corrected chi connectivity index (χ4v) is 1.91. The molecular formula is C14H23N3O2. The van der Waals surface area contributed by atoms with Crippen molar-refractivity contribution >= 4 is 11.6 Å². The molecule has 0 aromatic heterocycles. The molecule has 0 aliphatic rings. The maximum atomic E-state index is 11.7. The van der Waals surface area contributed by atoms with Gasteiger partial charge in [-0.05, 0) is 33.2 Å². The van der Waals surface area contributed by atoms with E-state index in [2.05, 4.69) is 10.6 Å². The predicted molar refractivity (Wildman–Crippen MR) is 77.1 cm³/mol. The molecule has 1 rings (SSSR count). The van der Waals surface area contributed by atoms with Gasteiger partial charge in [0.15, 0.2) is 0 Å². The molecule has 19 heavy (non-hydrogen) atoms. The zero-order valence-electron chi connectivity index (χ0n) is 11.8. The first kappa shape index (κ1) is 15.6. The second-order valence-electron chi connectivity index (χ2n) is 5.25. The Bertz CT molecular complexity index is 391. The summed E-state index contributed by atoms with van der Waals surface area (Å²) in [7, 11) is 3.80. The number of benzene rings is 1. The van der Waals surface area contributed by atoms with Crippen molar-refractivity contribution in [2.24, 2.45) is 0 Å². The summed E-state index contributed by atoms with van der Waals surface area (Å²) in [6, 6.07) is 9.29. The molecule has 5 nitrogen and oxygen atoms in total. The lowest BCUT2D eigenvalue weighted by atomic mass is 10.1. The van der Waals surface area contributed by atoms with E-state index in [-0.39, 0.29) is 12.5 Å². The van der Waals surface area contributed by atoms with Gasteiger partial charge in [0.05, 0.1) is 12.1 Å². The Morgan fingerprint density at radius 3 is 2.53 bits per heavy atom. The van der Waals surface area contributed by atoms with E-state index < -0.39 is 5.60 Å². The Morgan fingerprint density at radius 1 is 1.32 bits per heavy atom. The zero-order chi connectivity index (χ0) is 14.3. The second-order valence-corrected chi connectivity index (χ2v) is 5.25. The van der Waals surface area contributed by atoms with Crippen molar-refractivity contribution in [2.75, 3.05) is 39.0 Å². The van der Waals surface area contributed by atoms with Crippen LogP contribution in [0.3, 0.4) is 0 Å². The molecule has 0 fully saturated rings. The number of carbonyl (C=O) groups excluding carboxylic acids is 1. The first-order chi connectivity index (χ1) is 8.89. The number of likely N-dealkylation sites (N-methyl/N-ethyl adjacent to an activating group) is 1. The van der Waals surface area contributed by atoms with Crippen molar-refractivity contribution in [1.29, 1.82) is 0 Å². The Kier molecular flexibility index (Phi) is 5.95. The second kappa shape index (κ2) is 7.23. The average molecular weight is 265 g/mol. The molecule has 106 valence electrons. The fraction of sp³-hybridized carbons (Fsp3) is 0.500. The number of anilines is 1. The number of amides is 1. The number of aliphatic hydroxyl groups is 1. The van der Waals surface area contributed by atoms with Gasteiger partial charge in [0.1, 0.15) is 0 Å². The first-order valence-electron chi connectivity index (χ1n) is 6.32. The molecule has 0 saturated carbocycles. The quantitative estimate of drug-likeness (QED) is 0.673. The molecule has 0 saturated heterocycles. The molecule has 0 aliphatic carbocycles. The van der Waals surface area contributed by atoms with Gasteiger partial charge in [-0.25, -0.2) is 0 Å². The first-order valence-corrected chi connectivity index (χ1v) is 6.32. The van der Waals surface area contributed by atoms with Gasteiger partial charge < -0.3 is 20.6 Å². The Labute approximate surface area is 114 Å². The molecule has 5 heteroatoms. The number of hydrogen-bond donors (Lipinski definition) is 3. The number of para-hydroxylation sites is 1. The molecule has 0 spiro atoms. The van der Waals surface area contributed by atoms with Crippen LogP contribution >= 0.6 is 0 Å². The van der Waals surface area contributed by atoms with Crippen LogP contribution in [0.4, 0.5) is 5.69 Å². The van der Waals surface area contributed by atoms with Crippen molar-refractivity contribution in [2.45, 2.75) is 12.5 Å². The number of rotatable bonds is 7. The Hall–Kier alpha value is -1.43. The number of hydrogen-bond acceptors (Lipinski definition) is 4. The maximum Gasteiger partial charge on any atom is 0.238 e. The molecule has 0 bridgehead atoms. The third-order valence-corrected chi connectivity index (χ3v) is 2.51. The molecule has 1 unspecified atom stereocenters. The van der Waals surface area contributed by atoms with Crippen molar-refractivity contribution in [3.05, 3.63) is 30.3 Å². The van der Waals surface area contributed by atoms with E-state index in [9.17, 15) is 9.90 Å². The topological polar surface area (TPSA) is 64.6 Å². The molecule has 1 aromatic carbocycles. The Balaban J connectivity index is 2.27. The van der Waals surface area contributed by atoms with Gasteiger partial charge in [-0.1, -0.05) is 18.2 Å². The lowest BCUT2D eigenvalue weighted by molar-refractivity contribution is -0.115. The van der Waals surface area contributed by atoms with E-state index in [0.717, 1.165) is 5.69 Å². The van der Waals surface area contributed by atoms with E-state index in [1.165, 1.54) is 0 Å². The van der Waals surface area contributed by atoms with Gasteiger partial charge >= 0.3 is 0 Å². The minimum absolute atomic E-state index is 0.119. The summed E-state index contributed by atoms with van der Waals surface area (Å²) in [4.78, 5) is 13.6. The van der Waals surface area contributed by atoms with Crippen LogP contribution in [0.2, 0.25) is 0 Å². The third-order valence-electron chi connectivity index (χ3n) is 2.51. The highest BCUT2D eigenvalue weighted by molar-refractivity contribution is 5.92. The lowest BCUT2D eigenvalue weighted by Crippen LogP contribution is -2.47. The highest BCUT2D eigenvalue weighted by Crippen LogP contribution is 2.04. The molecule has 0 aliphatic heterocycles. The lowest BCUT2D eigenvalue weighted by Gasteiger charge is -2.27. The van der Waals surface area contributed by atoms with Gasteiger partial charge in [0.2, 0.25) is 5.91 Å². The highest BCUT2D eigenvalue weighted by atomic mass is 16.3. The molecule has 1 amide bonds. The van der Waals surface area contributed by atoms with Crippen LogP contribution in [0.5, 0.6) is 0 Å². The summed E-state index contributed by atoms with van der Waals surface area (Å²) < 4.78 is 0. The summed E-state index contributed by atoms with van der Waals surface area (Å²) in [6.07, 6.45) is 0. The van der Waals surface area contributed by atoms with Crippen LogP contribution in [0.1, 0.15) is 6.92 Å². The SMILES string of the molecule is CN(C)CC(C)(O)CNCC(=O)Nc1ccccc1. The van der Waals surface area contributed by atoms with E-state index in [0.29, 0.717) is 13.1 Å². The standard InChI is InChI=1S/C14H23N3O2/c1-14(19,11-17(2)3)10-15-9-13(18)16-12-7-5-4-6-8-12/h4-8,15,19H,9-11H2,1-3H3,(H,16,18). The van der Waals surface area contributed by atoms with Crippen molar-refractivity contribution in [3.63, 3.8) is 0 Å². The zero-order valence-corrected chi connectivity index (χ0v) is 11.8. The van der Waals surface area contributed by atoms with Crippen molar-refractivity contribution in [3.8, 4) is 0 Å². The maximum absolute atomic E-state index is 11.7. The average Bonchev–Trinajstić information content (AvgIpc) is 2.28. The molecular weight excluding hydrogens is 242 g/mol. The van der Waals surface area contributed by atoms with Gasteiger partial charge in [-0.2, -0.15) is 0 Å². The highest BCUT2D eigenvalue weighted by Gasteiger charge is 2.20. The summed E-state index contributed by atoms with van der Waals surface area (Å²) in [5.74, 6) is -0.119. The van der Waals surface area contributed by atoms with Crippen LogP contribution in [-0.4, -0.2) is 55.2 Å². The van der Waals surface area contributed by atoms with Gasteiger partial charge in [-0.15, -0.1) is 0 Å². The summed E-state index contributed by atoms with van der Waals surface area (Å²) >= 11 is 0. The summed E-state index contributed by atoms with van der Waals surface area (Å²) in [5, 5.41) is 15.8. The van der Waals surface area contributed by atoms with Gasteiger partial charge in [0, 0.05) is 18.8 Å². The minimum Gasteiger partial charge on any atom is -0.388 e. The third kappa shape index (κ3) is 6.91. The van der Waals surface area contributed by atoms with Crippen molar-refractivity contribution in [1.82, 2.24) is 10.2 Å². The number of nitrogens with one attached hydrogen (secondary N) is 2. The van der Waals surface area contributed by atoms with E-state index in [4.69, 9.17) is 0 Å². The summed E-state index contributed by atoms with van der Waals surface area (Å²) in [6.45, 7) is 2.83. The molecule has 3 N–H and O–H groups in total. The van der Waals surface area contributed by atoms with Crippen LogP contribution in [0, 0.1) is 0 Å².